The quantitative estimate of drug-likeness (QED) is 0.587. The van der Waals surface area contributed by atoms with Crippen LogP contribution >= 0.6 is 15.9 Å². The fourth-order valence-electron chi connectivity index (χ4n) is 0.888. The van der Waals surface area contributed by atoms with Gasteiger partial charge in [0.25, 0.3) is 0 Å². The minimum atomic E-state index is -0.444. The molecule has 0 saturated carbocycles. The monoisotopic (exact) mass is 245 g/mol. The van der Waals surface area contributed by atoms with Crippen LogP contribution in [0.15, 0.2) is 16.9 Å². The van der Waals surface area contributed by atoms with E-state index >= 15 is 0 Å². The minimum Gasteiger partial charge on any atom is -0.493 e. The lowest BCUT2D eigenvalue weighted by Gasteiger charge is -2.06. The molecule has 1 aromatic rings. The van der Waals surface area contributed by atoms with Crippen molar-refractivity contribution in [1.29, 1.82) is 0 Å². The molecule has 0 N–H and O–H groups in total. The maximum atomic E-state index is 11.2. The Kier molecular flexibility index (Phi) is 3.25. The second-order valence-corrected chi connectivity index (χ2v) is 2.93. The van der Waals surface area contributed by atoms with Gasteiger partial charge in [0.2, 0.25) is 0 Å². The smallest absolute Gasteiger partial charge is 0.341 e. The normalized spacial score (nSPS) is 9.46. The summed E-state index contributed by atoms with van der Waals surface area (Å²) in [6, 6.07) is 1.54. The topological polar surface area (TPSA) is 48.4 Å². The number of ether oxygens (including phenoxy) is 2. The number of hydrogen-bond donors (Lipinski definition) is 0. The Morgan fingerprint density at radius 3 is 2.77 bits per heavy atom. The molecular weight excluding hydrogens is 238 g/mol. The molecule has 1 aromatic heterocycles. The molecule has 0 amide bonds. The van der Waals surface area contributed by atoms with Crippen LogP contribution in [0, 0.1) is 0 Å². The van der Waals surface area contributed by atoms with Gasteiger partial charge in [0, 0.05) is 6.20 Å². The van der Waals surface area contributed by atoms with Crippen LogP contribution < -0.4 is 4.74 Å². The van der Waals surface area contributed by atoms with E-state index in [0.717, 1.165) is 0 Å². The molecule has 1 heterocycles. The van der Waals surface area contributed by atoms with E-state index in [1.807, 2.05) is 0 Å². The third kappa shape index (κ3) is 1.98. The zero-order chi connectivity index (χ0) is 9.84. The van der Waals surface area contributed by atoms with Gasteiger partial charge in [-0.2, -0.15) is 0 Å². The molecule has 4 nitrogen and oxygen atoms in total. The van der Waals surface area contributed by atoms with Gasteiger partial charge < -0.3 is 9.47 Å². The van der Waals surface area contributed by atoms with Crippen molar-refractivity contribution < 1.29 is 14.3 Å². The Morgan fingerprint density at radius 2 is 2.23 bits per heavy atom. The van der Waals surface area contributed by atoms with Gasteiger partial charge in [-0.25, -0.2) is 9.78 Å². The van der Waals surface area contributed by atoms with E-state index in [9.17, 15) is 4.79 Å². The number of nitrogens with zero attached hydrogens (tertiary/aromatic N) is 1. The fraction of sp³-hybridized carbons (Fsp3) is 0.250. The number of aromatic nitrogens is 1. The first kappa shape index (κ1) is 9.98. The average molecular weight is 246 g/mol. The Morgan fingerprint density at radius 1 is 1.54 bits per heavy atom. The third-order valence-electron chi connectivity index (χ3n) is 1.47. The number of carbonyl (C=O) groups excluding carboxylic acids is 1. The summed E-state index contributed by atoms with van der Waals surface area (Å²) < 4.78 is 10.0. The summed E-state index contributed by atoms with van der Waals surface area (Å²) in [4.78, 5) is 15.1. The third-order valence-corrected chi connectivity index (χ3v) is 2.04. The molecule has 5 heteroatoms. The molecule has 0 radical (unpaired) electrons. The molecule has 0 aromatic carbocycles. The number of esters is 1. The van der Waals surface area contributed by atoms with Gasteiger partial charge in [0.15, 0.2) is 5.75 Å². The first-order valence-corrected chi connectivity index (χ1v) is 4.26. The van der Waals surface area contributed by atoms with Crippen LogP contribution in [-0.4, -0.2) is 25.2 Å². The zero-order valence-corrected chi connectivity index (χ0v) is 8.79. The molecule has 1 rings (SSSR count). The van der Waals surface area contributed by atoms with Crippen molar-refractivity contribution in [3.8, 4) is 5.75 Å². The van der Waals surface area contributed by atoms with Crippen LogP contribution in [0.1, 0.15) is 10.4 Å². The van der Waals surface area contributed by atoms with E-state index in [1.165, 1.54) is 26.5 Å². The molecule has 0 saturated heterocycles. The summed E-state index contributed by atoms with van der Waals surface area (Å²) in [5.41, 5.74) is 0.354. The molecule has 0 aliphatic heterocycles. The lowest BCUT2D eigenvalue weighted by molar-refractivity contribution is 0.0596. The molecule has 0 aliphatic rings. The highest BCUT2D eigenvalue weighted by atomic mass is 79.9. The average Bonchev–Trinajstić information content (AvgIpc) is 2.16. The molecule has 0 fully saturated rings. The van der Waals surface area contributed by atoms with Crippen LogP contribution in [0.5, 0.6) is 5.75 Å². The Labute approximate surface area is 84.0 Å². The van der Waals surface area contributed by atoms with Crippen LogP contribution in [0.4, 0.5) is 0 Å². The molecule has 0 atom stereocenters. The molecule has 0 aliphatic carbocycles. The maximum Gasteiger partial charge on any atom is 0.341 e. The highest BCUT2D eigenvalue weighted by Gasteiger charge is 2.15. The molecule has 0 unspecified atom stereocenters. The van der Waals surface area contributed by atoms with E-state index < -0.39 is 5.97 Å². The number of halogens is 1. The van der Waals surface area contributed by atoms with Crippen LogP contribution in [0.2, 0.25) is 0 Å². The number of methoxy groups -OCH3 is 2. The van der Waals surface area contributed by atoms with Gasteiger partial charge in [-0.05, 0) is 22.0 Å². The molecule has 70 valence electrons. The van der Waals surface area contributed by atoms with Gasteiger partial charge >= 0.3 is 5.97 Å². The summed E-state index contributed by atoms with van der Waals surface area (Å²) >= 11 is 3.16. The van der Waals surface area contributed by atoms with Gasteiger partial charge in [-0.1, -0.05) is 0 Å². The first-order chi connectivity index (χ1) is 6.20. The second-order valence-electron chi connectivity index (χ2n) is 2.17. The standard InChI is InChI=1S/C8H8BrNO3/c1-12-6-5(8(11)13-2)3-4-10-7(6)9/h3-4H,1-2H3. The number of pyridine rings is 1. The lowest BCUT2D eigenvalue weighted by atomic mass is 10.2. The van der Waals surface area contributed by atoms with Crippen molar-refractivity contribution >= 4 is 21.9 Å². The van der Waals surface area contributed by atoms with Crippen LogP contribution in [0.25, 0.3) is 0 Å². The SMILES string of the molecule is COC(=O)c1ccnc(Br)c1OC. The summed E-state index contributed by atoms with van der Waals surface area (Å²) in [5.74, 6) is -0.0608. The first-order valence-electron chi connectivity index (χ1n) is 3.47. The molecular formula is C8H8BrNO3. The van der Waals surface area contributed by atoms with E-state index in [1.54, 1.807) is 0 Å². The second kappa shape index (κ2) is 4.23. The van der Waals surface area contributed by atoms with E-state index in [2.05, 4.69) is 25.7 Å². The van der Waals surface area contributed by atoms with E-state index in [0.29, 0.717) is 15.9 Å². The number of carbonyl (C=O) groups is 1. The summed E-state index contributed by atoms with van der Waals surface area (Å²) in [5, 5.41) is 0. The largest absolute Gasteiger partial charge is 0.493 e. The zero-order valence-electron chi connectivity index (χ0n) is 7.20. The van der Waals surface area contributed by atoms with Crippen molar-refractivity contribution in [3.63, 3.8) is 0 Å². The Hall–Kier alpha value is -1.10. The Balaban J connectivity index is 3.20. The number of rotatable bonds is 2. The van der Waals surface area contributed by atoms with Gasteiger partial charge in [-0.3, -0.25) is 0 Å². The van der Waals surface area contributed by atoms with Gasteiger partial charge in [-0.15, -0.1) is 0 Å². The van der Waals surface area contributed by atoms with Crippen molar-refractivity contribution in [2.45, 2.75) is 0 Å². The fourth-order valence-corrected chi connectivity index (χ4v) is 1.38. The van der Waals surface area contributed by atoms with Gasteiger partial charge in [0.05, 0.1) is 14.2 Å². The molecule has 0 bridgehead atoms. The summed E-state index contributed by atoms with van der Waals surface area (Å²) in [7, 11) is 2.78. The number of hydrogen-bond acceptors (Lipinski definition) is 4. The molecule has 13 heavy (non-hydrogen) atoms. The van der Waals surface area contributed by atoms with E-state index in [-0.39, 0.29) is 0 Å². The van der Waals surface area contributed by atoms with Crippen molar-refractivity contribution in [2.75, 3.05) is 14.2 Å². The van der Waals surface area contributed by atoms with Crippen LogP contribution in [0.3, 0.4) is 0 Å². The Bertz CT molecular complexity index is 327. The highest BCUT2D eigenvalue weighted by Crippen LogP contribution is 2.26. The van der Waals surface area contributed by atoms with Crippen molar-refractivity contribution in [2.24, 2.45) is 0 Å². The molecule has 0 spiro atoms. The van der Waals surface area contributed by atoms with Crippen molar-refractivity contribution in [1.82, 2.24) is 4.98 Å². The summed E-state index contributed by atoms with van der Waals surface area (Å²) in [6.45, 7) is 0. The highest BCUT2D eigenvalue weighted by molar-refractivity contribution is 9.10. The predicted octanol–water partition coefficient (Wildman–Crippen LogP) is 1.64. The van der Waals surface area contributed by atoms with Gasteiger partial charge in [0.1, 0.15) is 10.2 Å². The minimum absolute atomic E-state index is 0.354. The maximum absolute atomic E-state index is 11.2. The van der Waals surface area contributed by atoms with Crippen molar-refractivity contribution in [3.05, 3.63) is 22.4 Å². The summed E-state index contributed by atoms with van der Waals surface area (Å²) in [6.07, 6.45) is 1.50. The predicted molar refractivity (Wildman–Crippen MR) is 49.8 cm³/mol. The van der Waals surface area contributed by atoms with Crippen LogP contribution in [-0.2, 0) is 4.74 Å². The van der Waals surface area contributed by atoms with E-state index in [4.69, 9.17) is 4.74 Å². The lowest BCUT2D eigenvalue weighted by Crippen LogP contribution is -2.04.